The lowest BCUT2D eigenvalue weighted by Crippen LogP contribution is -2.58. The standard InChI is InChI=1S/C19H24FNO8/c1-5-6-26-18(25)21-8-27-17(24)19(21)12(20)7-11-13(14(11)19)16(23)29-10(4)28-15(22)9(2)3/h5,9-14H,1,6-8H2,2-4H3. The second-order valence-electron chi connectivity index (χ2n) is 7.69. The highest BCUT2D eigenvalue weighted by Crippen LogP contribution is 2.66. The van der Waals surface area contributed by atoms with Gasteiger partial charge in [0.25, 0.3) is 0 Å². The number of hydrogen-bond donors (Lipinski definition) is 0. The maximum Gasteiger partial charge on any atom is 0.413 e. The third-order valence-corrected chi connectivity index (χ3v) is 5.58. The van der Waals surface area contributed by atoms with Gasteiger partial charge in [0, 0.05) is 12.8 Å². The first-order chi connectivity index (χ1) is 13.7. The SMILES string of the molecule is C=CCOC(=O)N1COC(=O)C12C(F)CC1C(C(=O)OC(C)OC(=O)C(C)C)C12. The van der Waals surface area contributed by atoms with E-state index in [0.29, 0.717) is 0 Å². The summed E-state index contributed by atoms with van der Waals surface area (Å²) >= 11 is 0. The number of amides is 1. The number of halogens is 1. The molecule has 160 valence electrons. The zero-order valence-electron chi connectivity index (χ0n) is 16.5. The van der Waals surface area contributed by atoms with Crippen molar-refractivity contribution in [3.05, 3.63) is 12.7 Å². The summed E-state index contributed by atoms with van der Waals surface area (Å²) in [5.41, 5.74) is -1.91. The minimum Gasteiger partial charge on any atom is -0.445 e. The minimum atomic E-state index is -1.91. The second kappa shape index (κ2) is 7.64. The Balaban J connectivity index is 1.73. The molecule has 1 amide bonds. The molecule has 29 heavy (non-hydrogen) atoms. The van der Waals surface area contributed by atoms with Crippen molar-refractivity contribution in [1.29, 1.82) is 0 Å². The van der Waals surface area contributed by atoms with E-state index in [-0.39, 0.29) is 13.0 Å². The van der Waals surface area contributed by atoms with Gasteiger partial charge in [0.1, 0.15) is 12.8 Å². The summed E-state index contributed by atoms with van der Waals surface area (Å²) in [4.78, 5) is 49.9. The van der Waals surface area contributed by atoms with Crippen LogP contribution in [0.1, 0.15) is 27.2 Å². The number of carbonyl (C=O) groups is 4. The van der Waals surface area contributed by atoms with Crippen LogP contribution in [0, 0.1) is 23.7 Å². The summed E-state index contributed by atoms with van der Waals surface area (Å²) in [6, 6.07) is 0. The van der Waals surface area contributed by atoms with E-state index in [4.69, 9.17) is 18.9 Å². The van der Waals surface area contributed by atoms with E-state index in [1.54, 1.807) is 13.8 Å². The molecular formula is C19H24FNO8. The third-order valence-electron chi connectivity index (χ3n) is 5.58. The smallest absolute Gasteiger partial charge is 0.413 e. The van der Waals surface area contributed by atoms with Gasteiger partial charge in [0.2, 0.25) is 6.29 Å². The van der Waals surface area contributed by atoms with Crippen LogP contribution < -0.4 is 0 Å². The van der Waals surface area contributed by atoms with E-state index < -0.39 is 72.4 Å². The van der Waals surface area contributed by atoms with E-state index in [2.05, 4.69) is 6.58 Å². The summed E-state index contributed by atoms with van der Waals surface area (Å²) in [5.74, 6) is -4.61. The third kappa shape index (κ3) is 3.34. The first-order valence-corrected chi connectivity index (χ1v) is 9.43. The number of carbonyl (C=O) groups excluding carboxylic acids is 4. The molecule has 3 fully saturated rings. The predicted octanol–water partition coefficient (Wildman–Crippen LogP) is 1.56. The molecule has 2 saturated carbocycles. The highest BCUT2D eigenvalue weighted by Gasteiger charge is 2.81. The Bertz CT molecular complexity index is 740. The highest BCUT2D eigenvalue weighted by atomic mass is 19.1. The molecule has 0 radical (unpaired) electrons. The van der Waals surface area contributed by atoms with Crippen LogP contribution in [0.5, 0.6) is 0 Å². The van der Waals surface area contributed by atoms with E-state index in [1.807, 2.05) is 0 Å². The Hall–Kier alpha value is -2.65. The van der Waals surface area contributed by atoms with Gasteiger partial charge in [0.15, 0.2) is 12.3 Å². The van der Waals surface area contributed by atoms with E-state index in [1.165, 1.54) is 13.0 Å². The number of fused-ring (bicyclic) bond motifs is 2. The Morgan fingerprint density at radius 1 is 1.34 bits per heavy atom. The zero-order valence-corrected chi connectivity index (χ0v) is 16.5. The molecule has 1 saturated heterocycles. The van der Waals surface area contributed by atoms with Crippen LogP contribution in [-0.2, 0) is 33.3 Å². The van der Waals surface area contributed by atoms with Crippen LogP contribution in [0.25, 0.3) is 0 Å². The molecule has 0 aromatic rings. The zero-order chi connectivity index (χ0) is 21.5. The molecule has 3 rings (SSSR count). The average molecular weight is 413 g/mol. The van der Waals surface area contributed by atoms with Gasteiger partial charge in [-0.15, -0.1) is 0 Å². The minimum absolute atomic E-state index is 0.0923. The number of cyclic esters (lactones) is 1. The van der Waals surface area contributed by atoms with Crippen molar-refractivity contribution < 1.29 is 42.5 Å². The molecule has 1 aliphatic heterocycles. The molecule has 10 heteroatoms. The quantitative estimate of drug-likeness (QED) is 0.279. The van der Waals surface area contributed by atoms with Crippen molar-refractivity contribution in [2.75, 3.05) is 13.3 Å². The molecule has 6 unspecified atom stereocenters. The van der Waals surface area contributed by atoms with E-state index in [0.717, 1.165) is 4.90 Å². The van der Waals surface area contributed by atoms with Gasteiger partial charge in [-0.1, -0.05) is 26.5 Å². The number of esters is 3. The molecule has 2 aliphatic carbocycles. The fourth-order valence-electron chi connectivity index (χ4n) is 4.26. The van der Waals surface area contributed by atoms with Crippen molar-refractivity contribution in [2.24, 2.45) is 23.7 Å². The first kappa shape index (κ1) is 21.1. The van der Waals surface area contributed by atoms with Gasteiger partial charge in [0.05, 0.1) is 11.8 Å². The Morgan fingerprint density at radius 3 is 2.66 bits per heavy atom. The van der Waals surface area contributed by atoms with Gasteiger partial charge < -0.3 is 18.9 Å². The van der Waals surface area contributed by atoms with Crippen LogP contribution in [0.4, 0.5) is 9.18 Å². The van der Waals surface area contributed by atoms with Crippen LogP contribution in [0.3, 0.4) is 0 Å². The first-order valence-electron chi connectivity index (χ1n) is 9.43. The van der Waals surface area contributed by atoms with Crippen LogP contribution >= 0.6 is 0 Å². The van der Waals surface area contributed by atoms with Gasteiger partial charge >= 0.3 is 24.0 Å². The number of alkyl halides is 1. The Morgan fingerprint density at radius 2 is 2.03 bits per heavy atom. The lowest BCUT2D eigenvalue weighted by Gasteiger charge is -2.33. The fraction of sp³-hybridized carbons (Fsp3) is 0.684. The van der Waals surface area contributed by atoms with Gasteiger partial charge in [-0.25, -0.2) is 14.0 Å². The summed E-state index contributed by atoms with van der Waals surface area (Å²) in [6.07, 6.45) is -2.49. The van der Waals surface area contributed by atoms with Gasteiger partial charge in [-0.2, -0.15) is 0 Å². The van der Waals surface area contributed by atoms with Crippen LogP contribution in [-0.4, -0.2) is 60.2 Å². The maximum absolute atomic E-state index is 14.9. The molecule has 1 spiro atoms. The van der Waals surface area contributed by atoms with E-state index in [9.17, 15) is 23.6 Å². The van der Waals surface area contributed by atoms with Crippen molar-refractivity contribution in [3.8, 4) is 0 Å². The van der Waals surface area contributed by atoms with Crippen molar-refractivity contribution >= 4 is 24.0 Å². The molecule has 0 aromatic carbocycles. The lowest BCUT2D eigenvalue weighted by molar-refractivity contribution is -0.188. The average Bonchev–Trinajstić information content (AvgIpc) is 3.13. The van der Waals surface area contributed by atoms with Crippen molar-refractivity contribution in [1.82, 2.24) is 4.90 Å². The molecular weight excluding hydrogens is 389 g/mol. The van der Waals surface area contributed by atoms with E-state index >= 15 is 0 Å². The monoisotopic (exact) mass is 413 g/mol. The van der Waals surface area contributed by atoms with Crippen LogP contribution in [0.15, 0.2) is 12.7 Å². The summed E-state index contributed by atoms with van der Waals surface area (Å²) < 4.78 is 35.0. The van der Waals surface area contributed by atoms with Crippen molar-refractivity contribution in [2.45, 2.75) is 45.2 Å². The molecule has 9 nitrogen and oxygen atoms in total. The number of hydrogen-bond acceptors (Lipinski definition) is 8. The molecule has 6 atom stereocenters. The predicted molar refractivity (Wildman–Crippen MR) is 93.5 cm³/mol. The number of nitrogens with zero attached hydrogens (tertiary/aromatic N) is 1. The largest absolute Gasteiger partial charge is 0.445 e. The van der Waals surface area contributed by atoms with Gasteiger partial charge in [-0.05, 0) is 12.3 Å². The number of ether oxygens (including phenoxy) is 4. The molecule has 0 aromatic heterocycles. The molecule has 0 N–H and O–H groups in total. The molecule has 3 aliphatic rings. The lowest BCUT2D eigenvalue weighted by atomic mass is 9.88. The summed E-state index contributed by atoms with van der Waals surface area (Å²) in [7, 11) is 0. The number of rotatable bonds is 6. The second-order valence-corrected chi connectivity index (χ2v) is 7.69. The Kier molecular flexibility index (Phi) is 5.55. The normalized spacial score (nSPS) is 33.1. The highest BCUT2D eigenvalue weighted by molar-refractivity contribution is 5.93. The fourth-order valence-corrected chi connectivity index (χ4v) is 4.26. The Labute approximate surface area is 167 Å². The topological polar surface area (TPSA) is 108 Å². The molecule has 0 bridgehead atoms. The molecule has 1 heterocycles. The maximum atomic E-state index is 14.9. The van der Waals surface area contributed by atoms with Crippen molar-refractivity contribution in [3.63, 3.8) is 0 Å². The summed E-state index contributed by atoms with van der Waals surface area (Å²) in [5, 5.41) is 0. The van der Waals surface area contributed by atoms with Crippen LogP contribution in [0.2, 0.25) is 0 Å². The summed E-state index contributed by atoms with van der Waals surface area (Å²) in [6.45, 7) is 7.53. The van der Waals surface area contributed by atoms with Gasteiger partial charge in [-0.3, -0.25) is 14.5 Å².